The number of pyridine rings is 1. The van der Waals surface area contributed by atoms with Crippen LogP contribution in [0.1, 0.15) is 35.7 Å². The minimum absolute atomic E-state index is 0.0813. The number of nitrogens with one attached hydrogen (secondary N) is 1. The number of amides is 1. The normalized spacial score (nSPS) is 16.6. The zero-order chi connectivity index (χ0) is 19.8. The van der Waals surface area contributed by atoms with Gasteiger partial charge in [0.2, 0.25) is 0 Å². The molecule has 0 aliphatic carbocycles. The van der Waals surface area contributed by atoms with Gasteiger partial charge in [0.25, 0.3) is 5.91 Å². The van der Waals surface area contributed by atoms with Crippen molar-refractivity contribution in [2.45, 2.75) is 32.3 Å². The maximum absolute atomic E-state index is 12.3. The van der Waals surface area contributed by atoms with Crippen molar-refractivity contribution in [3.8, 4) is 5.75 Å². The summed E-state index contributed by atoms with van der Waals surface area (Å²) in [6.45, 7) is 5.16. The van der Waals surface area contributed by atoms with E-state index in [0.717, 1.165) is 50.5 Å². The van der Waals surface area contributed by atoms with E-state index in [1.807, 2.05) is 24.3 Å². The lowest BCUT2D eigenvalue weighted by Crippen LogP contribution is -2.42. The smallest absolute Gasteiger partial charge is 0.252 e. The molecule has 1 unspecified atom stereocenters. The zero-order valence-electron chi connectivity index (χ0n) is 16.7. The van der Waals surface area contributed by atoms with Gasteiger partial charge < -0.3 is 19.7 Å². The topological polar surface area (TPSA) is 63.7 Å². The molecule has 2 aromatic rings. The highest BCUT2D eigenvalue weighted by Crippen LogP contribution is 2.17. The maximum atomic E-state index is 12.3. The fourth-order valence-corrected chi connectivity index (χ4v) is 3.27. The van der Waals surface area contributed by atoms with Gasteiger partial charge in [-0.15, -0.1) is 0 Å². The van der Waals surface area contributed by atoms with Crippen molar-refractivity contribution in [1.29, 1.82) is 0 Å². The van der Waals surface area contributed by atoms with Gasteiger partial charge >= 0.3 is 0 Å². The molecule has 6 heteroatoms. The second-order valence-corrected chi connectivity index (χ2v) is 6.96. The Kier molecular flexibility index (Phi) is 7.25. The van der Waals surface area contributed by atoms with Crippen LogP contribution in [0.5, 0.6) is 5.75 Å². The molecule has 1 saturated heterocycles. The first kappa shape index (κ1) is 20.1. The quantitative estimate of drug-likeness (QED) is 0.710. The molecule has 28 heavy (non-hydrogen) atoms. The second-order valence-electron chi connectivity index (χ2n) is 6.96. The lowest BCUT2D eigenvalue weighted by Gasteiger charge is -2.33. The fourth-order valence-electron chi connectivity index (χ4n) is 3.27. The van der Waals surface area contributed by atoms with Crippen molar-refractivity contribution >= 4 is 11.7 Å². The Morgan fingerprint density at radius 1 is 1.29 bits per heavy atom. The number of rotatable bonds is 8. The molecule has 1 aromatic carbocycles. The maximum Gasteiger partial charge on any atom is 0.252 e. The van der Waals surface area contributed by atoms with Gasteiger partial charge in [-0.1, -0.05) is 19.1 Å². The largest absolute Gasteiger partial charge is 0.497 e. The van der Waals surface area contributed by atoms with Gasteiger partial charge in [0, 0.05) is 25.8 Å². The van der Waals surface area contributed by atoms with Crippen LogP contribution in [0.3, 0.4) is 0 Å². The minimum atomic E-state index is -0.0813. The summed E-state index contributed by atoms with van der Waals surface area (Å²) < 4.78 is 10.9. The van der Waals surface area contributed by atoms with Crippen LogP contribution in [0.4, 0.5) is 5.82 Å². The Morgan fingerprint density at radius 2 is 2.11 bits per heavy atom. The molecule has 0 radical (unpaired) electrons. The third-order valence-corrected chi connectivity index (χ3v) is 5.02. The molecular formula is C22H29N3O3. The molecule has 1 fully saturated rings. The Balaban J connectivity index is 1.44. The Bertz CT molecular complexity index is 747. The van der Waals surface area contributed by atoms with Gasteiger partial charge in [-0.3, -0.25) is 4.79 Å². The SMILES string of the molecule is CCC1CN(c2ccc(C(=O)NCCCc3ccc(OC)cc3)cn2)CCO1. The van der Waals surface area contributed by atoms with Crippen LogP contribution in [0, 0.1) is 0 Å². The van der Waals surface area contributed by atoms with E-state index >= 15 is 0 Å². The summed E-state index contributed by atoms with van der Waals surface area (Å²) in [5.74, 6) is 1.68. The molecule has 1 aliphatic rings. The van der Waals surface area contributed by atoms with Crippen molar-refractivity contribution in [2.24, 2.45) is 0 Å². The van der Waals surface area contributed by atoms with E-state index < -0.39 is 0 Å². The van der Waals surface area contributed by atoms with Crippen LogP contribution in [-0.2, 0) is 11.2 Å². The molecule has 0 bridgehead atoms. The summed E-state index contributed by atoms with van der Waals surface area (Å²) in [4.78, 5) is 19.0. The highest BCUT2D eigenvalue weighted by Gasteiger charge is 2.20. The fraction of sp³-hybridized carbons (Fsp3) is 0.455. The number of aryl methyl sites for hydroxylation is 1. The average Bonchev–Trinajstić information content (AvgIpc) is 2.77. The van der Waals surface area contributed by atoms with E-state index in [0.29, 0.717) is 12.1 Å². The van der Waals surface area contributed by atoms with Gasteiger partial charge in [0.05, 0.1) is 25.4 Å². The lowest BCUT2D eigenvalue weighted by molar-refractivity contribution is 0.0381. The lowest BCUT2D eigenvalue weighted by atomic mass is 10.1. The number of methoxy groups -OCH3 is 1. The first-order valence-corrected chi connectivity index (χ1v) is 9.93. The van der Waals surface area contributed by atoms with E-state index in [2.05, 4.69) is 34.3 Å². The Morgan fingerprint density at radius 3 is 2.79 bits per heavy atom. The summed E-state index contributed by atoms with van der Waals surface area (Å²) >= 11 is 0. The molecule has 1 N–H and O–H groups in total. The number of anilines is 1. The monoisotopic (exact) mass is 383 g/mol. The van der Waals surface area contributed by atoms with Crippen LogP contribution in [-0.4, -0.2) is 50.3 Å². The standard InChI is InChI=1S/C22H29N3O3/c1-3-19-16-25(13-14-28-19)21-11-8-18(15-24-21)22(26)23-12-4-5-17-6-9-20(27-2)10-7-17/h6-11,15,19H,3-5,12-14,16H2,1-2H3,(H,23,26). The first-order chi connectivity index (χ1) is 13.7. The molecule has 0 saturated carbocycles. The number of aromatic nitrogens is 1. The van der Waals surface area contributed by atoms with E-state index in [9.17, 15) is 4.79 Å². The van der Waals surface area contributed by atoms with E-state index in [1.165, 1.54) is 5.56 Å². The summed E-state index contributed by atoms with van der Waals surface area (Å²) in [5.41, 5.74) is 1.82. The predicted octanol–water partition coefficient (Wildman–Crippen LogP) is 3.07. The molecule has 2 heterocycles. The number of carbonyl (C=O) groups excluding carboxylic acids is 1. The van der Waals surface area contributed by atoms with E-state index in [1.54, 1.807) is 13.3 Å². The third kappa shape index (κ3) is 5.45. The highest BCUT2D eigenvalue weighted by molar-refractivity contribution is 5.94. The van der Waals surface area contributed by atoms with Crippen LogP contribution in [0.15, 0.2) is 42.6 Å². The highest BCUT2D eigenvalue weighted by atomic mass is 16.5. The molecule has 150 valence electrons. The summed E-state index contributed by atoms with van der Waals surface area (Å²) in [6.07, 6.45) is 4.70. The first-order valence-electron chi connectivity index (χ1n) is 9.93. The number of hydrogen-bond acceptors (Lipinski definition) is 5. The number of benzene rings is 1. The Labute approximate surface area is 166 Å². The predicted molar refractivity (Wildman–Crippen MR) is 110 cm³/mol. The van der Waals surface area contributed by atoms with Gasteiger partial charge in [-0.2, -0.15) is 0 Å². The average molecular weight is 383 g/mol. The van der Waals surface area contributed by atoms with Crippen molar-refractivity contribution in [3.63, 3.8) is 0 Å². The van der Waals surface area contributed by atoms with Gasteiger partial charge in [0.1, 0.15) is 11.6 Å². The van der Waals surface area contributed by atoms with Crippen molar-refractivity contribution in [1.82, 2.24) is 10.3 Å². The van der Waals surface area contributed by atoms with Crippen molar-refractivity contribution < 1.29 is 14.3 Å². The molecule has 6 nitrogen and oxygen atoms in total. The van der Waals surface area contributed by atoms with E-state index in [-0.39, 0.29) is 12.0 Å². The summed E-state index contributed by atoms with van der Waals surface area (Å²) in [7, 11) is 1.66. The molecule has 1 aliphatic heterocycles. The van der Waals surface area contributed by atoms with Crippen LogP contribution >= 0.6 is 0 Å². The number of hydrogen-bond donors (Lipinski definition) is 1. The van der Waals surface area contributed by atoms with Gasteiger partial charge in [0.15, 0.2) is 0 Å². The van der Waals surface area contributed by atoms with Crippen molar-refractivity contribution in [3.05, 3.63) is 53.7 Å². The molecule has 1 atom stereocenters. The van der Waals surface area contributed by atoms with Crippen molar-refractivity contribution in [2.75, 3.05) is 38.3 Å². The summed E-state index contributed by atoms with van der Waals surface area (Å²) in [5, 5.41) is 2.97. The number of nitrogens with zero attached hydrogens (tertiary/aromatic N) is 2. The summed E-state index contributed by atoms with van der Waals surface area (Å²) in [6, 6.07) is 11.8. The van der Waals surface area contributed by atoms with E-state index in [4.69, 9.17) is 9.47 Å². The molecule has 3 rings (SSSR count). The number of morpholine rings is 1. The Hall–Kier alpha value is -2.60. The zero-order valence-corrected chi connectivity index (χ0v) is 16.7. The van der Waals surface area contributed by atoms with Gasteiger partial charge in [-0.05, 0) is 49.1 Å². The molecule has 0 spiro atoms. The second kappa shape index (κ2) is 10.1. The minimum Gasteiger partial charge on any atom is -0.497 e. The van der Waals surface area contributed by atoms with Crippen LogP contribution in [0.2, 0.25) is 0 Å². The number of ether oxygens (including phenoxy) is 2. The van der Waals surface area contributed by atoms with Crippen LogP contribution in [0.25, 0.3) is 0 Å². The van der Waals surface area contributed by atoms with Gasteiger partial charge in [-0.25, -0.2) is 4.98 Å². The molecule has 1 amide bonds. The molecular weight excluding hydrogens is 354 g/mol. The number of carbonyl (C=O) groups is 1. The molecule has 1 aromatic heterocycles. The van der Waals surface area contributed by atoms with Crippen LogP contribution < -0.4 is 15.0 Å². The third-order valence-electron chi connectivity index (χ3n) is 5.02.